The fourth-order valence-corrected chi connectivity index (χ4v) is 2.27. The van der Waals surface area contributed by atoms with Crippen molar-refractivity contribution in [3.05, 3.63) is 52.9 Å². The lowest BCUT2D eigenvalue weighted by Crippen LogP contribution is -2.32. The molecule has 0 bridgehead atoms. The predicted molar refractivity (Wildman–Crippen MR) is 63.7 cm³/mol. The molecule has 98 valence electrons. The smallest absolute Gasteiger partial charge is 0.254 e. The summed E-state index contributed by atoms with van der Waals surface area (Å²) >= 11 is 0. The average molecular weight is 263 g/mol. The van der Waals surface area contributed by atoms with Gasteiger partial charge >= 0.3 is 0 Å². The molecule has 1 aromatic carbocycles. The van der Waals surface area contributed by atoms with Crippen LogP contribution < -0.4 is 5.32 Å². The summed E-state index contributed by atoms with van der Waals surface area (Å²) in [6, 6.07) is 3.36. The Labute approximate surface area is 108 Å². The summed E-state index contributed by atoms with van der Waals surface area (Å²) in [5.74, 6) is -1.39. The summed E-state index contributed by atoms with van der Waals surface area (Å²) in [5.41, 5.74) is 1.81. The van der Waals surface area contributed by atoms with Crippen LogP contribution in [0.2, 0.25) is 0 Å². The number of benzene rings is 1. The van der Waals surface area contributed by atoms with E-state index in [2.05, 4.69) is 10.4 Å². The maximum absolute atomic E-state index is 13.1. The molecule has 0 radical (unpaired) electrons. The van der Waals surface area contributed by atoms with E-state index >= 15 is 0 Å². The van der Waals surface area contributed by atoms with Gasteiger partial charge in [-0.05, 0) is 17.7 Å². The monoisotopic (exact) mass is 263 g/mol. The topological polar surface area (TPSA) is 46.9 Å². The first-order valence-electron chi connectivity index (χ1n) is 5.91. The number of carbonyl (C=O) groups excluding carboxylic acids is 1. The highest BCUT2D eigenvalue weighted by Crippen LogP contribution is 2.16. The normalized spacial score (nSPS) is 14.1. The van der Waals surface area contributed by atoms with Crippen molar-refractivity contribution in [2.24, 2.45) is 0 Å². The van der Waals surface area contributed by atoms with E-state index in [9.17, 15) is 13.6 Å². The molecule has 1 aliphatic rings. The zero-order valence-electron chi connectivity index (χ0n) is 9.99. The van der Waals surface area contributed by atoms with E-state index in [0.717, 1.165) is 11.8 Å². The van der Waals surface area contributed by atoms with Gasteiger partial charge in [0.2, 0.25) is 0 Å². The summed E-state index contributed by atoms with van der Waals surface area (Å²) in [6.45, 7) is 0.798. The lowest BCUT2D eigenvalue weighted by molar-refractivity contribution is 0.0945. The van der Waals surface area contributed by atoms with Gasteiger partial charge < -0.3 is 5.32 Å². The van der Waals surface area contributed by atoms with Crippen LogP contribution in [0.3, 0.4) is 0 Å². The van der Waals surface area contributed by atoms with Crippen LogP contribution in [0.1, 0.15) is 21.6 Å². The summed E-state index contributed by atoms with van der Waals surface area (Å²) in [5, 5.41) is 6.84. The Balaban J connectivity index is 1.93. The summed E-state index contributed by atoms with van der Waals surface area (Å²) in [4.78, 5) is 11.6. The first kappa shape index (κ1) is 11.8. The number of nitrogens with one attached hydrogen (secondary N) is 1. The van der Waals surface area contributed by atoms with Crippen molar-refractivity contribution in [1.29, 1.82) is 0 Å². The molecule has 6 heteroatoms. The second kappa shape index (κ2) is 4.46. The molecule has 0 aliphatic carbocycles. The quantitative estimate of drug-likeness (QED) is 0.892. The lowest BCUT2D eigenvalue weighted by Gasteiger charge is -2.14. The molecule has 0 saturated carbocycles. The Bertz CT molecular complexity index is 631. The highest BCUT2D eigenvalue weighted by Gasteiger charge is 2.21. The van der Waals surface area contributed by atoms with Gasteiger partial charge in [-0.1, -0.05) is 0 Å². The van der Waals surface area contributed by atoms with E-state index < -0.39 is 11.6 Å². The average Bonchev–Trinajstić information content (AvgIpc) is 2.73. The Morgan fingerprint density at radius 3 is 2.74 bits per heavy atom. The molecule has 3 rings (SSSR count). The highest BCUT2D eigenvalue weighted by molar-refractivity contribution is 5.96. The zero-order valence-corrected chi connectivity index (χ0v) is 9.99. The van der Waals surface area contributed by atoms with Crippen LogP contribution in [0.4, 0.5) is 8.78 Å². The van der Waals surface area contributed by atoms with E-state index in [-0.39, 0.29) is 12.5 Å². The molecule has 19 heavy (non-hydrogen) atoms. The SMILES string of the molecule is O=C1NCCc2c1cnn2Cc1cc(F)cc(F)c1. The van der Waals surface area contributed by atoms with Gasteiger partial charge in [0.25, 0.3) is 5.91 Å². The number of aromatic nitrogens is 2. The molecule has 0 spiro atoms. The maximum atomic E-state index is 13.1. The Kier molecular flexibility index (Phi) is 2.77. The van der Waals surface area contributed by atoms with Gasteiger partial charge in [0.1, 0.15) is 11.6 Å². The van der Waals surface area contributed by atoms with Crippen molar-refractivity contribution >= 4 is 5.91 Å². The summed E-state index contributed by atoms with van der Waals surface area (Å²) in [6.07, 6.45) is 2.15. The lowest BCUT2D eigenvalue weighted by atomic mass is 10.1. The molecular formula is C13H11F2N3O. The largest absolute Gasteiger partial charge is 0.352 e. The van der Waals surface area contributed by atoms with Gasteiger partial charge in [0.15, 0.2) is 0 Å². The number of halogens is 2. The molecule has 4 nitrogen and oxygen atoms in total. The van der Waals surface area contributed by atoms with Crippen molar-refractivity contribution in [2.75, 3.05) is 6.54 Å². The van der Waals surface area contributed by atoms with E-state index in [1.54, 1.807) is 4.68 Å². The molecule has 0 unspecified atom stereocenters. The molecule has 1 N–H and O–H groups in total. The highest BCUT2D eigenvalue weighted by atomic mass is 19.1. The Hall–Kier alpha value is -2.24. The Morgan fingerprint density at radius 1 is 1.26 bits per heavy atom. The van der Waals surface area contributed by atoms with Crippen LogP contribution in [0.15, 0.2) is 24.4 Å². The number of fused-ring (bicyclic) bond motifs is 1. The standard InChI is InChI=1S/C13H11F2N3O/c14-9-3-8(4-10(15)5-9)7-18-12-1-2-16-13(19)11(12)6-17-18/h3-6H,1-2,7H2,(H,16,19). The Morgan fingerprint density at radius 2 is 2.00 bits per heavy atom. The third kappa shape index (κ3) is 2.21. The third-order valence-electron chi connectivity index (χ3n) is 3.10. The van der Waals surface area contributed by atoms with Crippen molar-refractivity contribution in [1.82, 2.24) is 15.1 Å². The fourth-order valence-electron chi connectivity index (χ4n) is 2.27. The molecule has 0 atom stereocenters. The molecule has 2 heterocycles. The predicted octanol–water partition coefficient (Wildman–Crippen LogP) is 1.50. The van der Waals surface area contributed by atoms with Crippen LogP contribution in [-0.4, -0.2) is 22.2 Å². The minimum Gasteiger partial charge on any atom is -0.352 e. The molecule has 1 amide bonds. The minimum atomic E-state index is -0.617. The number of hydrogen-bond donors (Lipinski definition) is 1. The first-order chi connectivity index (χ1) is 9.13. The van der Waals surface area contributed by atoms with Crippen molar-refractivity contribution in [3.8, 4) is 0 Å². The fraction of sp³-hybridized carbons (Fsp3) is 0.231. The van der Waals surface area contributed by atoms with E-state index in [1.807, 2.05) is 0 Å². The van der Waals surface area contributed by atoms with Gasteiger partial charge in [-0.25, -0.2) is 8.78 Å². The third-order valence-corrected chi connectivity index (χ3v) is 3.10. The van der Waals surface area contributed by atoms with Gasteiger partial charge in [-0.15, -0.1) is 0 Å². The molecule has 0 fully saturated rings. The minimum absolute atomic E-state index is 0.155. The van der Waals surface area contributed by atoms with Crippen molar-refractivity contribution in [2.45, 2.75) is 13.0 Å². The van der Waals surface area contributed by atoms with Crippen LogP contribution in [0.5, 0.6) is 0 Å². The first-order valence-corrected chi connectivity index (χ1v) is 5.91. The molecule has 1 aromatic heterocycles. The van der Waals surface area contributed by atoms with Crippen LogP contribution in [0, 0.1) is 11.6 Å². The molecule has 1 aliphatic heterocycles. The van der Waals surface area contributed by atoms with Crippen molar-refractivity contribution < 1.29 is 13.6 Å². The second-order valence-corrected chi connectivity index (χ2v) is 4.45. The molecular weight excluding hydrogens is 252 g/mol. The van der Waals surface area contributed by atoms with Crippen molar-refractivity contribution in [3.63, 3.8) is 0 Å². The second-order valence-electron chi connectivity index (χ2n) is 4.45. The van der Waals surface area contributed by atoms with Gasteiger partial charge in [-0.3, -0.25) is 9.48 Å². The van der Waals surface area contributed by atoms with Gasteiger partial charge in [0, 0.05) is 19.0 Å². The van der Waals surface area contributed by atoms with Gasteiger partial charge in [0.05, 0.1) is 24.0 Å². The molecule has 2 aromatic rings. The maximum Gasteiger partial charge on any atom is 0.254 e. The number of carbonyl (C=O) groups is 1. The van der Waals surface area contributed by atoms with Crippen LogP contribution >= 0.6 is 0 Å². The number of nitrogens with zero attached hydrogens (tertiary/aromatic N) is 2. The van der Waals surface area contributed by atoms with Crippen LogP contribution in [-0.2, 0) is 13.0 Å². The van der Waals surface area contributed by atoms with Crippen LogP contribution in [0.25, 0.3) is 0 Å². The van der Waals surface area contributed by atoms with E-state index in [4.69, 9.17) is 0 Å². The van der Waals surface area contributed by atoms with E-state index in [1.165, 1.54) is 18.3 Å². The number of amides is 1. The number of hydrogen-bond acceptors (Lipinski definition) is 2. The molecule has 0 saturated heterocycles. The summed E-state index contributed by atoms with van der Waals surface area (Å²) in [7, 11) is 0. The van der Waals surface area contributed by atoms with E-state index in [0.29, 0.717) is 24.1 Å². The number of rotatable bonds is 2. The zero-order chi connectivity index (χ0) is 13.4. The van der Waals surface area contributed by atoms with Gasteiger partial charge in [-0.2, -0.15) is 5.10 Å². The summed E-state index contributed by atoms with van der Waals surface area (Å²) < 4.78 is 27.9.